The number of ether oxygens (including phenoxy) is 1. The summed E-state index contributed by atoms with van der Waals surface area (Å²) in [7, 11) is 0. The number of hydrogen-bond donors (Lipinski definition) is 3. The number of aliphatic hydroxyl groups excluding tert-OH is 2. The number of allylic oxidation sites excluding steroid dienone is 4. The van der Waals surface area contributed by atoms with Crippen LogP contribution in [0, 0.1) is 0 Å². The number of carboxylic acids is 1. The molecule has 0 saturated carbocycles. The third-order valence-electron chi connectivity index (χ3n) is 7.97. The fraction of sp³-hybridized carbons (Fsp3) is 0.872. The molecule has 5 heteroatoms. The van der Waals surface area contributed by atoms with E-state index >= 15 is 0 Å². The van der Waals surface area contributed by atoms with Crippen molar-refractivity contribution >= 4 is 5.97 Å². The molecular formula is C39H76O5. The number of aliphatic carboxylic acids is 1. The van der Waals surface area contributed by atoms with Gasteiger partial charge in [-0.05, 0) is 64.2 Å². The Hall–Kier alpha value is -1.17. The second-order valence-corrected chi connectivity index (χ2v) is 12.6. The molecule has 1 atom stereocenters. The van der Waals surface area contributed by atoms with E-state index in [2.05, 4.69) is 38.2 Å². The highest BCUT2D eigenvalue weighted by molar-refractivity contribution is 5.66. The van der Waals surface area contributed by atoms with Crippen molar-refractivity contribution in [1.29, 1.82) is 0 Å². The van der Waals surface area contributed by atoms with E-state index in [0.29, 0.717) is 13.0 Å². The number of rotatable bonds is 34. The van der Waals surface area contributed by atoms with E-state index < -0.39 is 12.1 Å². The molecule has 0 aromatic rings. The Bertz CT molecular complexity index is 589. The zero-order valence-electron chi connectivity index (χ0n) is 29.5. The van der Waals surface area contributed by atoms with Gasteiger partial charge in [0.2, 0.25) is 0 Å². The molecule has 0 amide bonds. The van der Waals surface area contributed by atoms with Crippen LogP contribution in [0.3, 0.4) is 0 Å². The van der Waals surface area contributed by atoms with Gasteiger partial charge >= 0.3 is 5.97 Å². The average molecular weight is 625 g/mol. The summed E-state index contributed by atoms with van der Waals surface area (Å²) >= 11 is 0. The molecule has 0 aliphatic carbocycles. The van der Waals surface area contributed by atoms with E-state index in [4.69, 9.17) is 20.1 Å². The van der Waals surface area contributed by atoms with Crippen molar-refractivity contribution in [2.24, 2.45) is 0 Å². The van der Waals surface area contributed by atoms with Crippen molar-refractivity contribution in [3.05, 3.63) is 24.3 Å². The summed E-state index contributed by atoms with van der Waals surface area (Å²) in [5.74, 6) is -0.664. The van der Waals surface area contributed by atoms with E-state index in [1.54, 1.807) is 0 Å². The van der Waals surface area contributed by atoms with Gasteiger partial charge in [0.1, 0.15) is 6.10 Å². The van der Waals surface area contributed by atoms with Crippen LogP contribution in [0.15, 0.2) is 24.3 Å². The molecule has 5 nitrogen and oxygen atoms in total. The van der Waals surface area contributed by atoms with Crippen LogP contribution in [0.2, 0.25) is 0 Å². The van der Waals surface area contributed by atoms with Crippen LogP contribution in [0.1, 0.15) is 194 Å². The highest BCUT2D eigenvalue weighted by Gasteiger charge is 2.00. The Kier molecular flexibility index (Phi) is 42.7. The predicted octanol–water partition coefficient (Wildman–Crippen LogP) is 11.5. The summed E-state index contributed by atoms with van der Waals surface area (Å²) < 4.78 is 5.29. The Morgan fingerprint density at radius 3 is 1.25 bits per heavy atom. The first-order valence-electron chi connectivity index (χ1n) is 19.0. The zero-order chi connectivity index (χ0) is 32.6. The van der Waals surface area contributed by atoms with Gasteiger partial charge in [-0.15, -0.1) is 0 Å². The first-order chi connectivity index (χ1) is 21.6. The molecule has 0 aromatic heterocycles. The van der Waals surface area contributed by atoms with Gasteiger partial charge in [0.05, 0.1) is 13.2 Å². The lowest BCUT2D eigenvalue weighted by Gasteiger charge is -2.07. The number of hydrogen-bond acceptors (Lipinski definition) is 4. The second-order valence-electron chi connectivity index (χ2n) is 12.6. The summed E-state index contributed by atoms with van der Waals surface area (Å²) in [5.41, 5.74) is 0. The molecule has 0 bridgehead atoms. The number of carbonyl (C=O) groups is 1. The van der Waals surface area contributed by atoms with Crippen LogP contribution in [-0.4, -0.2) is 47.2 Å². The topological polar surface area (TPSA) is 87.0 Å². The largest absolute Gasteiger partial charge is 0.481 e. The van der Waals surface area contributed by atoms with Gasteiger partial charge in [-0.25, -0.2) is 0 Å². The molecule has 0 radical (unpaired) electrons. The minimum absolute atomic E-state index is 0.215. The smallest absolute Gasteiger partial charge is 0.303 e. The van der Waals surface area contributed by atoms with Gasteiger partial charge in [-0.2, -0.15) is 0 Å². The van der Waals surface area contributed by atoms with E-state index in [1.807, 2.05) is 0 Å². The molecule has 44 heavy (non-hydrogen) atoms. The molecular weight excluding hydrogens is 548 g/mol. The quantitative estimate of drug-likeness (QED) is 0.0490. The van der Waals surface area contributed by atoms with E-state index in [0.717, 1.165) is 19.3 Å². The Balaban J connectivity index is 0. The van der Waals surface area contributed by atoms with Gasteiger partial charge in [0, 0.05) is 13.0 Å². The first-order valence-corrected chi connectivity index (χ1v) is 19.0. The molecule has 1 unspecified atom stereocenters. The Morgan fingerprint density at radius 2 is 0.886 bits per heavy atom. The monoisotopic (exact) mass is 625 g/mol. The van der Waals surface area contributed by atoms with Gasteiger partial charge < -0.3 is 20.1 Å². The van der Waals surface area contributed by atoms with Crippen molar-refractivity contribution in [2.75, 3.05) is 19.8 Å². The lowest BCUT2D eigenvalue weighted by Crippen LogP contribution is -2.19. The second kappa shape index (κ2) is 41.8. The van der Waals surface area contributed by atoms with Crippen molar-refractivity contribution in [1.82, 2.24) is 0 Å². The summed E-state index contributed by atoms with van der Waals surface area (Å²) in [4.78, 5) is 10.3. The van der Waals surface area contributed by atoms with Crippen molar-refractivity contribution in [2.45, 2.75) is 200 Å². The van der Waals surface area contributed by atoms with Crippen molar-refractivity contribution < 1.29 is 24.9 Å². The third-order valence-corrected chi connectivity index (χ3v) is 7.97. The maximum absolute atomic E-state index is 10.3. The highest BCUT2D eigenvalue weighted by atomic mass is 16.5. The standard InChI is InChI=1S/C21H42O3.C18H34O2/c1-2-3-4-5-6-7-8-9-10-11-12-13-14-15-16-17-18-24-20-21(23)19-22;1-2-3-4-5-6-7-8-9-10-11-12-13-14-15-16-17-18(19)20/h9-10,21-23H,2-8,11-20H2,1H3;9-10H,2-8,11-17H2,1H3,(H,19,20)/b2*10-9-. The fourth-order valence-corrected chi connectivity index (χ4v) is 5.07. The molecule has 0 aliphatic rings. The maximum Gasteiger partial charge on any atom is 0.303 e. The first kappa shape index (κ1) is 45.0. The third kappa shape index (κ3) is 45.3. The minimum atomic E-state index is -0.723. The predicted molar refractivity (Wildman–Crippen MR) is 190 cm³/mol. The lowest BCUT2D eigenvalue weighted by atomic mass is 10.1. The van der Waals surface area contributed by atoms with Crippen LogP contribution in [0.5, 0.6) is 0 Å². The maximum atomic E-state index is 10.3. The van der Waals surface area contributed by atoms with Gasteiger partial charge in [-0.3, -0.25) is 4.79 Å². The van der Waals surface area contributed by atoms with Gasteiger partial charge in [-0.1, -0.05) is 147 Å². The Labute approximate surface area is 274 Å². The van der Waals surface area contributed by atoms with E-state index in [-0.39, 0.29) is 13.2 Å². The zero-order valence-corrected chi connectivity index (χ0v) is 29.5. The molecule has 0 heterocycles. The molecule has 0 saturated heterocycles. The number of carboxylic acid groups (broad SMARTS) is 1. The normalized spacial score (nSPS) is 12.2. The molecule has 0 spiro atoms. The van der Waals surface area contributed by atoms with Gasteiger partial charge in [0.15, 0.2) is 0 Å². The Morgan fingerprint density at radius 1 is 0.545 bits per heavy atom. The van der Waals surface area contributed by atoms with Crippen molar-refractivity contribution in [3.63, 3.8) is 0 Å². The fourth-order valence-electron chi connectivity index (χ4n) is 5.07. The van der Waals surface area contributed by atoms with Crippen LogP contribution in [0.25, 0.3) is 0 Å². The van der Waals surface area contributed by atoms with E-state index in [1.165, 1.54) is 154 Å². The summed E-state index contributed by atoms with van der Waals surface area (Å²) in [5, 5.41) is 26.3. The summed E-state index contributed by atoms with van der Waals surface area (Å²) in [6.45, 7) is 5.26. The van der Waals surface area contributed by atoms with Crippen LogP contribution < -0.4 is 0 Å². The minimum Gasteiger partial charge on any atom is -0.481 e. The number of aliphatic hydroxyl groups is 2. The molecule has 0 aromatic carbocycles. The molecule has 0 rings (SSSR count). The molecule has 0 aliphatic heterocycles. The van der Waals surface area contributed by atoms with Crippen LogP contribution in [0.4, 0.5) is 0 Å². The van der Waals surface area contributed by atoms with Crippen LogP contribution in [-0.2, 0) is 9.53 Å². The van der Waals surface area contributed by atoms with Crippen LogP contribution >= 0.6 is 0 Å². The van der Waals surface area contributed by atoms with Crippen molar-refractivity contribution in [3.8, 4) is 0 Å². The SMILES string of the molecule is CCCCCCCC/C=C\CCCCCCCC(=O)O.CCCCCCCC/C=C\CCCCCCCCOCC(O)CO. The lowest BCUT2D eigenvalue weighted by molar-refractivity contribution is -0.137. The summed E-state index contributed by atoms with van der Waals surface area (Å²) in [6.07, 6.45) is 43.5. The van der Waals surface area contributed by atoms with E-state index in [9.17, 15) is 4.79 Å². The highest BCUT2D eigenvalue weighted by Crippen LogP contribution is 2.11. The summed E-state index contributed by atoms with van der Waals surface area (Å²) in [6, 6.07) is 0. The average Bonchev–Trinajstić information content (AvgIpc) is 3.02. The number of unbranched alkanes of at least 4 members (excludes halogenated alkanes) is 23. The molecule has 3 N–H and O–H groups in total. The molecule has 0 fully saturated rings. The molecule has 262 valence electrons. The van der Waals surface area contributed by atoms with Gasteiger partial charge in [0.25, 0.3) is 0 Å².